The highest BCUT2D eigenvalue weighted by Crippen LogP contribution is 2.60. The Kier molecular flexibility index (Phi) is 5.14. The van der Waals surface area contributed by atoms with E-state index in [9.17, 15) is 28.7 Å². The van der Waals surface area contributed by atoms with Gasteiger partial charge < -0.3 is 5.11 Å². The lowest BCUT2D eigenvalue weighted by Gasteiger charge is -2.53. The summed E-state index contributed by atoms with van der Waals surface area (Å²) in [4.78, 5) is 54.7. The summed E-state index contributed by atoms with van der Waals surface area (Å²) in [5.74, 6) is -3.31. The summed E-state index contributed by atoms with van der Waals surface area (Å²) < 4.78 is 18.5. The monoisotopic (exact) mass is 515 g/mol. The van der Waals surface area contributed by atoms with Crippen molar-refractivity contribution in [3.63, 3.8) is 0 Å². The fourth-order valence-corrected chi connectivity index (χ4v) is 6.72. The van der Waals surface area contributed by atoms with E-state index in [1.807, 2.05) is 6.08 Å². The van der Waals surface area contributed by atoms with Gasteiger partial charge in [-0.25, -0.2) is 27.9 Å². The van der Waals surface area contributed by atoms with Crippen molar-refractivity contribution < 1.29 is 19.1 Å². The van der Waals surface area contributed by atoms with Crippen molar-refractivity contribution >= 4 is 11.6 Å². The van der Waals surface area contributed by atoms with Crippen LogP contribution in [0.15, 0.2) is 80.9 Å². The Bertz CT molecular complexity index is 1720. The summed E-state index contributed by atoms with van der Waals surface area (Å²) in [6, 6.07) is 11.9. The first-order chi connectivity index (χ1) is 18.1. The van der Waals surface area contributed by atoms with Crippen LogP contribution in [0.25, 0.3) is 5.69 Å². The second-order valence-electron chi connectivity index (χ2n) is 10.5. The molecular formula is C29H26FN3O5. The summed E-state index contributed by atoms with van der Waals surface area (Å²) in [5.41, 5.74) is -0.0162. The van der Waals surface area contributed by atoms with Gasteiger partial charge in [0.1, 0.15) is 0 Å². The van der Waals surface area contributed by atoms with Gasteiger partial charge >= 0.3 is 11.4 Å². The van der Waals surface area contributed by atoms with Crippen LogP contribution in [0.3, 0.4) is 0 Å². The van der Waals surface area contributed by atoms with E-state index in [1.54, 1.807) is 57.2 Å². The van der Waals surface area contributed by atoms with E-state index in [2.05, 4.69) is 0 Å². The Morgan fingerprint density at radius 3 is 2.37 bits per heavy atom. The van der Waals surface area contributed by atoms with Crippen LogP contribution in [-0.2, 0) is 16.1 Å². The number of rotatable bonds is 2. The van der Waals surface area contributed by atoms with Gasteiger partial charge in [-0.2, -0.15) is 0 Å². The van der Waals surface area contributed by atoms with Crippen molar-refractivity contribution in [2.75, 3.05) is 0 Å². The quantitative estimate of drug-likeness (QED) is 0.527. The van der Waals surface area contributed by atoms with Crippen LogP contribution < -0.4 is 11.4 Å². The Hall–Kier alpha value is -4.27. The van der Waals surface area contributed by atoms with E-state index in [0.29, 0.717) is 28.0 Å². The summed E-state index contributed by atoms with van der Waals surface area (Å²) in [6.07, 6.45) is 1.96. The van der Waals surface area contributed by atoms with Gasteiger partial charge in [0.2, 0.25) is 0 Å². The van der Waals surface area contributed by atoms with E-state index in [-0.39, 0.29) is 24.5 Å². The largest absolute Gasteiger partial charge is 0.505 e. The number of halogens is 1. The highest BCUT2D eigenvalue weighted by atomic mass is 19.1. The molecule has 2 aliphatic carbocycles. The van der Waals surface area contributed by atoms with Gasteiger partial charge in [-0.15, -0.1) is 0 Å². The van der Waals surface area contributed by atoms with Gasteiger partial charge in [-0.3, -0.25) is 9.59 Å². The van der Waals surface area contributed by atoms with E-state index in [4.69, 9.17) is 0 Å². The molecular weight excluding hydrogens is 489 g/mol. The minimum atomic E-state index is -1.24. The molecule has 4 atom stereocenters. The maximum absolute atomic E-state index is 14.6. The second-order valence-corrected chi connectivity index (χ2v) is 10.5. The zero-order valence-electron chi connectivity index (χ0n) is 21.1. The SMILES string of the molecule is CC1=C(C)C(=O)[C@@]2(C)[C@@H](c3ccc(O)c(F)c3)C3=CCn4c(=O)n(-c5ccccc5)c(=O)n4[C@@H]3C[C@H]2C1=O. The van der Waals surface area contributed by atoms with E-state index < -0.39 is 46.2 Å². The molecule has 1 fully saturated rings. The first-order valence-corrected chi connectivity index (χ1v) is 12.5. The van der Waals surface area contributed by atoms with E-state index in [1.165, 1.54) is 21.5 Å². The normalized spacial score (nSPS) is 26.5. The third kappa shape index (κ3) is 3.01. The highest BCUT2D eigenvalue weighted by molar-refractivity contribution is 6.15. The molecule has 1 aromatic heterocycles. The number of carbonyl (C=O) groups is 2. The predicted octanol–water partition coefficient (Wildman–Crippen LogP) is 3.42. The van der Waals surface area contributed by atoms with Gasteiger partial charge in [0.05, 0.1) is 23.7 Å². The first kappa shape index (κ1) is 24.1. The molecule has 9 heteroatoms. The average Bonchev–Trinajstić information content (AvgIpc) is 3.17. The molecule has 3 aromatic rings. The van der Waals surface area contributed by atoms with Crippen LogP contribution in [0.2, 0.25) is 0 Å². The van der Waals surface area contributed by atoms with Gasteiger partial charge in [0, 0.05) is 11.8 Å². The minimum absolute atomic E-state index is 0.0769. The molecule has 0 spiro atoms. The zero-order valence-corrected chi connectivity index (χ0v) is 21.1. The van der Waals surface area contributed by atoms with Gasteiger partial charge in [0.25, 0.3) is 0 Å². The van der Waals surface area contributed by atoms with Crippen LogP contribution >= 0.6 is 0 Å². The number of phenols is 1. The average molecular weight is 516 g/mol. The number of allylic oxidation sites excluding steroid dienone is 4. The molecule has 1 saturated carbocycles. The van der Waals surface area contributed by atoms with Crippen molar-refractivity contribution in [2.24, 2.45) is 11.3 Å². The van der Waals surface area contributed by atoms with Crippen LogP contribution in [0.5, 0.6) is 5.75 Å². The number of ketones is 2. The number of fused-ring (bicyclic) bond motifs is 4. The Balaban J connectivity index is 1.61. The topological polar surface area (TPSA) is 103 Å². The summed E-state index contributed by atoms with van der Waals surface area (Å²) in [7, 11) is 0. The third-order valence-electron chi connectivity index (χ3n) is 8.75. The summed E-state index contributed by atoms with van der Waals surface area (Å²) >= 11 is 0. The third-order valence-corrected chi connectivity index (χ3v) is 8.75. The molecule has 0 bridgehead atoms. The number of aromatic nitrogens is 3. The predicted molar refractivity (Wildman–Crippen MR) is 137 cm³/mol. The molecule has 1 aliphatic heterocycles. The number of benzene rings is 2. The van der Waals surface area contributed by atoms with Gasteiger partial charge in [-0.1, -0.05) is 37.3 Å². The molecule has 2 aromatic carbocycles. The lowest BCUT2D eigenvalue weighted by molar-refractivity contribution is -0.140. The van der Waals surface area contributed by atoms with Crippen LogP contribution in [0.1, 0.15) is 44.7 Å². The molecule has 0 unspecified atom stereocenters. The number of aromatic hydroxyl groups is 1. The molecule has 38 heavy (non-hydrogen) atoms. The van der Waals surface area contributed by atoms with Crippen LogP contribution in [0, 0.1) is 17.2 Å². The number of Topliss-reactive ketones (excluding diaryl/α,β-unsaturated/α-hetero) is 2. The molecule has 2 heterocycles. The van der Waals surface area contributed by atoms with Crippen molar-refractivity contribution in [3.8, 4) is 11.4 Å². The highest BCUT2D eigenvalue weighted by Gasteiger charge is 2.60. The fourth-order valence-electron chi connectivity index (χ4n) is 6.72. The smallest absolute Gasteiger partial charge is 0.352 e. The standard InChI is InChI=1S/C29H26FN3O5/c1-15-16(2)26(36)29(3)20(25(15)35)14-22-19(24(29)17-9-10-23(34)21(30)13-17)11-12-31-27(37)32(28(38)33(22)31)18-7-5-4-6-8-18/h4-11,13,20,22,24,34H,12,14H2,1-3H3/t20-,22+,24-,29+/m0/s1. The lowest BCUT2D eigenvalue weighted by atomic mass is 9.50. The number of carbonyl (C=O) groups excluding carboxylic acids is 2. The molecule has 3 aliphatic rings. The molecule has 0 radical (unpaired) electrons. The van der Waals surface area contributed by atoms with Crippen molar-refractivity contribution in [1.29, 1.82) is 0 Å². The van der Waals surface area contributed by atoms with E-state index in [0.717, 1.165) is 4.57 Å². The minimum Gasteiger partial charge on any atom is -0.505 e. The van der Waals surface area contributed by atoms with Crippen molar-refractivity contribution in [3.05, 3.63) is 104 Å². The molecule has 6 rings (SSSR count). The Labute approximate surface area is 216 Å². The number of nitrogens with zero attached hydrogens (tertiary/aromatic N) is 3. The number of hydrogen-bond donors (Lipinski definition) is 1. The maximum atomic E-state index is 14.6. The van der Waals surface area contributed by atoms with Gasteiger partial charge in [-0.05, 0) is 66.8 Å². The second kappa shape index (κ2) is 8.11. The Morgan fingerprint density at radius 2 is 1.68 bits per heavy atom. The van der Waals surface area contributed by atoms with Crippen molar-refractivity contribution in [2.45, 2.75) is 45.7 Å². The number of phenolic OH excluding ortho intramolecular Hbond substituents is 1. The number of para-hydroxylation sites is 1. The fraction of sp³-hybridized carbons (Fsp3) is 0.310. The molecule has 1 N–H and O–H groups in total. The Morgan fingerprint density at radius 1 is 0.974 bits per heavy atom. The van der Waals surface area contributed by atoms with Gasteiger partial charge in [0.15, 0.2) is 23.1 Å². The molecule has 0 saturated heterocycles. The van der Waals surface area contributed by atoms with Crippen LogP contribution in [-0.4, -0.2) is 30.6 Å². The zero-order chi connectivity index (χ0) is 27.1. The summed E-state index contributed by atoms with van der Waals surface area (Å²) in [5, 5.41) is 9.85. The van der Waals surface area contributed by atoms with Crippen molar-refractivity contribution in [1.82, 2.24) is 13.9 Å². The first-order valence-electron chi connectivity index (χ1n) is 12.5. The molecule has 0 amide bonds. The lowest BCUT2D eigenvalue weighted by Crippen LogP contribution is -2.55. The van der Waals surface area contributed by atoms with E-state index >= 15 is 0 Å². The number of hydrogen-bond acceptors (Lipinski definition) is 5. The maximum Gasteiger partial charge on any atom is 0.352 e. The van der Waals surface area contributed by atoms with Crippen LogP contribution in [0.4, 0.5) is 4.39 Å². The molecule has 194 valence electrons. The summed E-state index contributed by atoms with van der Waals surface area (Å²) in [6.45, 7) is 5.08. The molecule has 8 nitrogen and oxygen atoms in total.